The van der Waals surface area contributed by atoms with E-state index >= 15 is 0 Å². The number of fused-ring (bicyclic) bond motifs is 1. The molecule has 2 aromatic rings. The van der Waals surface area contributed by atoms with Crippen LogP contribution < -0.4 is 5.32 Å². The van der Waals surface area contributed by atoms with Gasteiger partial charge < -0.3 is 15.2 Å². The van der Waals surface area contributed by atoms with E-state index in [0.29, 0.717) is 11.2 Å². The van der Waals surface area contributed by atoms with Crippen LogP contribution in [-0.4, -0.2) is 46.0 Å². The number of rotatable bonds is 4. The van der Waals surface area contributed by atoms with Crippen molar-refractivity contribution in [3.8, 4) is 12.3 Å². The molecule has 0 unspecified atom stereocenters. The number of allylic oxidation sites excluding steroid dienone is 2. The van der Waals surface area contributed by atoms with Crippen molar-refractivity contribution in [2.75, 3.05) is 19.4 Å². The van der Waals surface area contributed by atoms with Gasteiger partial charge in [-0.15, -0.1) is 6.42 Å². The highest BCUT2D eigenvalue weighted by atomic mass is 19.4. The number of halogens is 3. The van der Waals surface area contributed by atoms with Crippen LogP contribution in [0.4, 0.5) is 19.0 Å². The fourth-order valence-electron chi connectivity index (χ4n) is 3.62. The van der Waals surface area contributed by atoms with Crippen LogP contribution in [0.5, 0.6) is 0 Å². The lowest BCUT2D eigenvalue weighted by Gasteiger charge is -2.38. The summed E-state index contributed by atoms with van der Waals surface area (Å²) in [7, 11) is 3.96. The van der Waals surface area contributed by atoms with Gasteiger partial charge in [-0.05, 0) is 57.7 Å². The Balaban J connectivity index is 2.06. The molecule has 28 heavy (non-hydrogen) atoms. The molecule has 5 nitrogen and oxygen atoms in total. The van der Waals surface area contributed by atoms with E-state index < -0.39 is 11.9 Å². The van der Waals surface area contributed by atoms with E-state index in [-0.39, 0.29) is 17.7 Å². The number of aromatic amines is 1. The maximum atomic E-state index is 13.1. The fourth-order valence-corrected chi connectivity index (χ4v) is 3.62. The SMILES string of the molecule is C#C/C=C\C1=C(C)CC[C@H](N(C)C)[C@H]1Nc1ncnc2[nH]c(C(F)(F)F)cc12. The Morgan fingerprint density at radius 2 is 2.11 bits per heavy atom. The van der Waals surface area contributed by atoms with Crippen molar-refractivity contribution < 1.29 is 13.2 Å². The molecule has 0 bridgehead atoms. The Labute approximate surface area is 161 Å². The maximum absolute atomic E-state index is 13.1. The number of hydrogen-bond donors (Lipinski definition) is 2. The zero-order chi connectivity index (χ0) is 20.5. The Bertz CT molecular complexity index is 962. The van der Waals surface area contributed by atoms with Crippen LogP contribution in [0.1, 0.15) is 25.5 Å². The van der Waals surface area contributed by atoms with E-state index in [4.69, 9.17) is 6.42 Å². The number of nitrogens with zero attached hydrogens (tertiary/aromatic N) is 3. The Kier molecular flexibility index (Phi) is 5.47. The van der Waals surface area contributed by atoms with Crippen molar-refractivity contribution in [3.05, 3.63) is 41.4 Å². The summed E-state index contributed by atoms with van der Waals surface area (Å²) in [6.07, 6.45) is 7.52. The molecule has 0 saturated heterocycles. The lowest BCUT2D eigenvalue weighted by atomic mass is 9.83. The summed E-state index contributed by atoms with van der Waals surface area (Å²) in [6, 6.07) is 1.00. The second kappa shape index (κ2) is 7.68. The Hall–Kier alpha value is -2.79. The van der Waals surface area contributed by atoms with Crippen molar-refractivity contribution in [1.82, 2.24) is 19.9 Å². The molecule has 1 aliphatic rings. The molecule has 8 heteroatoms. The van der Waals surface area contributed by atoms with Crippen LogP contribution in [-0.2, 0) is 6.18 Å². The predicted molar refractivity (Wildman–Crippen MR) is 104 cm³/mol. The number of likely N-dealkylation sites (N-methyl/N-ethyl adjacent to an activating group) is 1. The molecule has 0 spiro atoms. The topological polar surface area (TPSA) is 56.8 Å². The van der Waals surface area contributed by atoms with Crippen molar-refractivity contribution in [3.63, 3.8) is 0 Å². The minimum atomic E-state index is -4.48. The number of terminal acetylenes is 1. The van der Waals surface area contributed by atoms with Crippen LogP contribution in [0.2, 0.25) is 0 Å². The smallest absolute Gasteiger partial charge is 0.361 e. The summed E-state index contributed by atoms with van der Waals surface area (Å²) in [5.74, 6) is 2.86. The molecule has 0 radical (unpaired) electrons. The number of nitrogens with one attached hydrogen (secondary N) is 2. The second-order valence-electron chi connectivity index (χ2n) is 7.09. The molecule has 2 N–H and O–H groups in total. The standard InChI is InChI=1S/C20H22F3N5/c1-5-6-7-13-12(2)8-9-15(28(3)4)17(13)27-19-14-10-16(20(21,22)23)26-18(14)24-11-25-19/h1,6-7,10-11,15,17H,8-9H2,2-4H3,(H2,24,25,26,27)/b7-6-/t15-,17-/m0/s1. The average molecular weight is 389 g/mol. The molecule has 1 aliphatic carbocycles. The van der Waals surface area contributed by atoms with Gasteiger partial charge in [0.1, 0.15) is 23.5 Å². The van der Waals surface area contributed by atoms with Gasteiger partial charge in [0.25, 0.3) is 0 Å². The molecule has 0 fully saturated rings. The molecular formula is C20H22F3N5. The summed E-state index contributed by atoms with van der Waals surface area (Å²) in [5.41, 5.74) is 1.51. The van der Waals surface area contributed by atoms with Gasteiger partial charge in [-0.3, -0.25) is 0 Å². The quantitative estimate of drug-likeness (QED) is 0.777. The number of anilines is 1. The molecule has 148 valence electrons. The molecule has 0 amide bonds. The highest BCUT2D eigenvalue weighted by Gasteiger charge is 2.34. The maximum Gasteiger partial charge on any atom is 0.431 e. The van der Waals surface area contributed by atoms with Crippen LogP contribution in [0.15, 0.2) is 35.7 Å². The zero-order valence-electron chi connectivity index (χ0n) is 15.9. The number of H-pyrrole nitrogens is 1. The zero-order valence-corrected chi connectivity index (χ0v) is 15.9. The molecule has 0 saturated carbocycles. The number of alkyl halides is 3. The Morgan fingerprint density at radius 1 is 1.36 bits per heavy atom. The van der Waals surface area contributed by atoms with Crippen molar-refractivity contribution >= 4 is 16.9 Å². The van der Waals surface area contributed by atoms with E-state index in [9.17, 15) is 13.2 Å². The van der Waals surface area contributed by atoms with E-state index in [1.807, 2.05) is 27.1 Å². The van der Waals surface area contributed by atoms with Gasteiger partial charge >= 0.3 is 6.18 Å². The van der Waals surface area contributed by atoms with Gasteiger partial charge in [-0.2, -0.15) is 13.2 Å². The Morgan fingerprint density at radius 3 is 2.75 bits per heavy atom. The highest BCUT2D eigenvalue weighted by molar-refractivity contribution is 5.88. The van der Waals surface area contributed by atoms with E-state index in [0.717, 1.165) is 24.5 Å². The molecule has 0 aromatic carbocycles. The molecule has 2 aromatic heterocycles. The minimum absolute atomic E-state index is 0.132. The van der Waals surface area contributed by atoms with Gasteiger partial charge in [-0.25, -0.2) is 9.97 Å². The first kappa shape index (κ1) is 20.0. The van der Waals surface area contributed by atoms with Gasteiger partial charge in [-0.1, -0.05) is 11.5 Å². The lowest BCUT2D eigenvalue weighted by Crippen LogP contribution is -2.46. The van der Waals surface area contributed by atoms with Crippen LogP contribution in [0, 0.1) is 12.3 Å². The number of hydrogen-bond acceptors (Lipinski definition) is 4. The third-order valence-electron chi connectivity index (χ3n) is 5.07. The summed E-state index contributed by atoms with van der Waals surface area (Å²) in [5, 5.41) is 3.65. The monoisotopic (exact) mass is 389 g/mol. The molecule has 2 atom stereocenters. The first-order chi connectivity index (χ1) is 13.2. The van der Waals surface area contributed by atoms with Crippen molar-refractivity contribution in [2.45, 2.75) is 38.0 Å². The first-order valence-electron chi connectivity index (χ1n) is 8.88. The summed E-state index contributed by atoms with van der Waals surface area (Å²) < 4.78 is 39.3. The van der Waals surface area contributed by atoms with Gasteiger partial charge in [0.15, 0.2) is 0 Å². The lowest BCUT2D eigenvalue weighted by molar-refractivity contribution is -0.140. The van der Waals surface area contributed by atoms with E-state index in [2.05, 4.69) is 31.1 Å². The van der Waals surface area contributed by atoms with Crippen LogP contribution in [0.3, 0.4) is 0 Å². The first-order valence-corrected chi connectivity index (χ1v) is 8.88. The third kappa shape index (κ3) is 3.90. The normalized spacial score (nSPS) is 20.9. The molecule has 3 rings (SSSR count). The van der Waals surface area contributed by atoms with E-state index in [1.165, 1.54) is 11.9 Å². The van der Waals surface area contributed by atoms with Gasteiger partial charge in [0.2, 0.25) is 0 Å². The second-order valence-corrected chi connectivity index (χ2v) is 7.09. The van der Waals surface area contributed by atoms with Gasteiger partial charge in [0.05, 0.1) is 11.4 Å². The summed E-state index contributed by atoms with van der Waals surface area (Å²) >= 11 is 0. The number of aromatic nitrogens is 3. The minimum Gasteiger partial charge on any atom is -0.361 e. The van der Waals surface area contributed by atoms with E-state index in [1.54, 1.807) is 6.08 Å². The summed E-state index contributed by atoms with van der Waals surface area (Å²) in [6.45, 7) is 2.05. The van der Waals surface area contributed by atoms with Crippen molar-refractivity contribution in [2.24, 2.45) is 0 Å². The van der Waals surface area contributed by atoms with Crippen molar-refractivity contribution in [1.29, 1.82) is 0 Å². The molecule has 0 aliphatic heterocycles. The van der Waals surface area contributed by atoms with Crippen LogP contribution >= 0.6 is 0 Å². The third-order valence-corrected chi connectivity index (χ3v) is 5.07. The van der Waals surface area contributed by atoms with Gasteiger partial charge in [0, 0.05) is 6.04 Å². The average Bonchev–Trinajstić information content (AvgIpc) is 3.07. The van der Waals surface area contributed by atoms with Crippen LogP contribution in [0.25, 0.3) is 11.0 Å². The highest BCUT2D eigenvalue weighted by Crippen LogP contribution is 2.35. The fraction of sp³-hybridized carbons (Fsp3) is 0.400. The predicted octanol–water partition coefficient (Wildman–Crippen LogP) is 3.99. The molecular weight excluding hydrogens is 367 g/mol. The largest absolute Gasteiger partial charge is 0.431 e. The molecule has 2 heterocycles. The summed E-state index contributed by atoms with van der Waals surface area (Å²) in [4.78, 5) is 12.6.